The second-order valence-corrected chi connectivity index (χ2v) is 4.71. The highest BCUT2D eigenvalue weighted by molar-refractivity contribution is 4.77. The van der Waals surface area contributed by atoms with Crippen molar-refractivity contribution in [3.05, 3.63) is 0 Å². The first-order valence-corrected chi connectivity index (χ1v) is 5.90. The van der Waals surface area contributed by atoms with Crippen molar-refractivity contribution in [2.75, 3.05) is 20.6 Å². The lowest BCUT2D eigenvalue weighted by Gasteiger charge is -2.31. The smallest absolute Gasteiger partial charge is 0.0217 e. The van der Waals surface area contributed by atoms with E-state index < -0.39 is 0 Å². The second-order valence-electron chi connectivity index (χ2n) is 4.71. The Labute approximate surface area is 90.1 Å². The molecule has 0 heterocycles. The molecule has 0 radical (unpaired) electrons. The van der Waals surface area contributed by atoms with Crippen LogP contribution in [0.5, 0.6) is 0 Å². The molecule has 0 aliphatic heterocycles. The Kier molecular flexibility index (Phi) is 7.20. The van der Waals surface area contributed by atoms with Crippen molar-refractivity contribution in [2.45, 2.75) is 52.6 Å². The normalized spacial score (nSPS) is 16.3. The summed E-state index contributed by atoms with van der Waals surface area (Å²) in [6, 6.07) is 1.25. The fraction of sp³-hybridized carbons (Fsp3) is 1.00. The fourth-order valence-corrected chi connectivity index (χ4v) is 1.76. The van der Waals surface area contributed by atoms with Gasteiger partial charge in [0.15, 0.2) is 0 Å². The lowest BCUT2D eigenvalue weighted by Crippen LogP contribution is -2.45. The van der Waals surface area contributed by atoms with Gasteiger partial charge < -0.3 is 10.2 Å². The molecule has 1 N–H and O–H groups in total. The van der Waals surface area contributed by atoms with Crippen molar-refractivity contribution < 1.29 is 0 Å². The van der Waals surface area contributed by atoms with Crippen molar-refractivity contribution in [3.8, 4) is 0 Å². The van der Waals surface area contributed by atoms with E-state index in [2.05, 4.69) is 52.0 Å². The van der Waals surface area contributed by atoms with Crippen LogP contribution in [0.1, 0.15) is 40.5 Å². The van der Waals surface area contributed by atoms with Gasteiger partial charge in [0.25, 0.3) is 0 Å². The molecule has 86 valence electrons. The number of nitrogens with one attached hydrogen (secondary N) is 1. The Bertz CT molecular complexity index is 130. The summed E-state index contributed by atoms with van der Waals surface area (Å²) >= 11 is 0. The monoisotopic (exact) mass is 200 g/mol. The highest BCUT2D eigenvalue weighted by Gasteiger charge is 2.17. The van der Waals surface area contributed by atoms with Crippen molar-refractivity contribution in [1.29, 1.82) is 0 Å². The molecule has 2 unspecified atom stereocenters. The van der Waals surface area contributed by atoms with Gasteiger partial charge in [0.2, 0.25) is 0 Å². The maximum Gasteiger partial charge on any atom is 0.0217 e. The van der Waals surface area contributed by atoms with Crippen LogP contribution < -0.4 is 5.32 Å². The molecule has 0 saturated heterocycles. The highest BCUT2D eigenvalue weighted by Crippen LogP contribution is 2.08. The highest BCUT2D eigenvalue weighted by atomic mass is 15.2. The van der Waals surface area contributed by atoms with Gasteiger partial charge in [-0.2, -0.15) is 0 Å². The lowest BCUT2D eigenvalue weighted by molar-refractivity contribution is 0.198. The molecule has 0 aliphatic carbocycles. The van der Waals surface area contributed by atoms with Crippen molar-refractivity contribution in [3.63, 3.8) is 0 Å². The van der Waals surface area contributed by atoms with Crippen molar-refractivity contribution >= 4 is 0 Å². The number of rotatable bonds is 7. The van der Waals surface area contributed by atoms with Gasteiger partial charge in [0, 0.05) is 12.1 Å². The van der Waals surface area contributed by atoms with Crippen molar-refractivity contribution in [1.82, 2.24) is 10.2 Å². The standard InChI is InChI=1S/C12H28N2/c1-7-12(13-5)11(4)14(6)9-8-10(2)3/h10-13H,7-9H2,1-6H3. The Hall–Kier alpha value is -0.0800. The molecule has 0 rings (SSSR count). The van der Waals surface area contributed by atoms with Crippen LogP contribution in [0.4, 0.5) is 0 Å². The fourth-order valence-electron chi connectivity index (χ4n) is 1.76. The van der Waals surface area contributed by atoms with Gasteiger partial charge in [0.05, 0.1) is 0 Å². The predicted octanol–water partition coefficient (Wildman–Crippen LogP) is 2.35. The number of likely N-dealkylation sites (N-methyl/N-ethyl adjacent to an activating group) is 2. The van der Waals surface area contributed by atoms with Gasteiger partial charge in [0.1, 0.15) is 0 Å². The zero-order chi connectivity index (χ0) is 11.1. The Morgan fingerprint density at radius 3 is 2.14 bits per heavy atom. The van der Waals surface area contributed by atoms with E-state index in [-0.39, 0.29) is 0 Å². The maximum atomic E-state index is 3.38. The van der Waals surface area contributed by atoms with E-state index in [1.54, 1.807) is 0 Å². The van der Waals surface area contributed by atoms with Gasteiger partial charge in [-0.25, -0.2) is 0 Å². The average Bonchev–Trinajstić information content (AvgIpc) is 2.15. The van der Waals surface area contributed by atoms with Gasteiger partial charge in [-0.3, -0.25) is 0 Å². The molecule has 0 amide bonds. The van der Waals surface area contributed by atoms with Gasteiger partial charge in [-0.1, -0.05) is 20.8 Å². The van der Waals surface area contributed by atoms with Crippen molar-refractivity contribution in [2.24, 2.45) is 5.92 Å². The summed E-state index contributed by atoms with van der Waals surface area (Å²) < 4.78 is 0. The van der Waals surface area contributed by atoms with Crippen LogP contribution in [0, 0.1) is 5.92 Å². The molecular formula is C12H28N2. The Balaban J connectivity index is 3.90. The molecule has 2 nitrogen and oxygen atoms in total. The molecular weight excluding hydrogens is 172 g/mol. The molecule has 14 heavy (non-hydrogen) atoms. The molecule has 0 aromatic rings. The minimum Gasteiger partial charge on any atom is -0.315 e. The van der Waals surface area contributed by atoms with Crippen LogP contribution in [0.15, 0.2) is 0 Å². The maximum absolute atomic E-state index is 3.38. The average molecular weight is 200 g/mol. The summed E-state index contributed by atoms with van der Waals surface area (Å²) in [4.78, 5) is 2.46. The molecule has 2 heteroatoms. The first-order valence-electron chi connectivity index (χ1n) is 5.90. The van der Waals surface area contributed by atoms with Gasteiger partial charge in [-0.05, 0) is 46.3 Å². The minimum absolute atomic E-state index is 0.618. The molecule has 0 aromatic carbocycles. The summed E-state index contributed by atoms with van der Waals surface area (Å²) in [5.41, 5.74) is 0. The number of hydrogen-bond acceptors (Lipinski definition) is 2. The van der Waals surface area contributed by atoms with E-state index in [4.69, 9.17) is 0 Å². The van der Waals surface area contributed by atoms with E-state index in [1.165, 1.54) is 19.4 Å². The molecule has 0 saturated carbocycles. The molecule has 0 aromatic heterocycles. The summed E-state index contributed by atoms with van der Waals surface area (Å²) in [5.74, 6) is 0.805. The number of nitrogens with zero attached hydrogens (tertiary/aromatic N) is 1. The van der Waals surface area contributed by atoms with Gasteiger partial charge in [-0.15, -0.1) is 0 Å². The molecule has 0 aliphatic rings. The zero-order valence-corrected chi connectivity index (χ0v) is 10.8. The summed E-state index contributed by atoms with van der Waals surface area (Å²) in [6.07, 6.45) is 2.49. The van der Waals surface area contributed by atoms with Crippen LogP contribution in [-0.4, -0.2) is 37.6 Å². The topological polar surface area (TPSA) is 15.3 Å². The summed E-state index contributed by atoms with van der Waals surface area (Å²) in [5, 5.41) is 3.38. The van der Waals surface area contributed by atoms with E-state index in [0.29, 0.717) is 12.1 Å². The minimum atomic E-state index is 0.618. The number of hydrogen-bond donors (Lipinski definition) is 1. The quantitative estimate of drug-likeness (QED) is 0.678. The third-order valence-electron chi connectivity index (χ3n) is 3.15. The van der Waals surface area contributed by atoms with E-state index in [1.807, 2.05) is 0 Å². The zero-order valence-electron chi connectivity index (χ0n) is 10.8. The van der Waals surface area contributed by atoms with E-state index in [9.17, 15) is 0 Å². The summed E-state index contributed by atoms with van der Waals surface area (Å²) in [6.45, 7) is 10.3. The Morgan fingerprint density at radius 1 is 1.21 bits per heavy atom. The third kappa shape index (κ3) is 4.97. The first-order chi connectivity index (χ1) is 6.52. The molecule has 0 fully saturated rings. The molecule has 0 spiro atoms. The van der Waals surface area contributed by atoms with Crippen LogP contribution in [0.25, 0.3) is 0 Å². The van der Waals surface area contributed by atoms with E-state index >= 15 is 0 Å². The van der Waals surface area contributed by atoms with Crippen LogP contribution in [-0.2, 0) is 0 Å². The lowest BCUT2D eigenvalue weighted by atomic mass is 10.0. The predicted molar refractivity (Wildman–Crippen MR) is 64.7 cm³/mol. The Morgan fingerprint density at radius 2 is 1.79 bits per heavy atom. The van der Waals surface area contributed by atoms with Crippen LogP contribution in [0.2, 0.25) is 0 Å². The largest absolute Gasteiger partial charge is 0.315 e. The summed E-state index contributed by atoms with van der Waals surface area (Å²) in [7, 11) is 4.29. The molecule has 0 bridgehead atoms. The molecule has 2 atom stereocenters. The first kappa shape index (κ1) is 13.9. The third-order valence-corrected chi connectivity index (χ3v) is 3.15. The van der Waals surface area contributed by atoms with Crippen LogP contribution in [0.3, 0.4) is 0 Å². The second kappa shape index (κ2) is 7.24. The van der Waals surface area contributed by atoms with Gasteiger partial charge >= 0.3 is 0 Å². The van der Waals surface area contributed by atoms with Crippen LogP contribution >= 0.6 is 0 Å². The van der Waals surface area contributed by atoms with E-state index in [0.717, 1.165) is 5.92 Å². The SMILES string of the molecule is CCC(NC)C(C)N(C)CCC(C)C.